The predicted molar refractivity (Wildman–Crippen MR) is 172 cm³/mol. The van der Waals surface area contributed by atoms with Crippen LogP contribution >= 0.6 is 27.3 Å². The Labute approximate surface area is 272 Å². The van der Waals surface area contributed by atoms with Gasteiger partial charge in [-0.1, -0.05) is 33.3 Å². The van der Waals surface area contributed by atoms with Crippen molar-refractivity contribution in [2.24, 2.45) is 4.99 Å². The standard InChI is InChI=1S/C32H35BrN2O9S/c1-7-40-24-13-19(11-12-22(24)44-17-27(36)42-9-3)14-26-30(37)35-29(20-15-23(39-6)25(41-8-2)16-21(20)33)28(31(38)43-10-4)18(5)34-32(35)45-26/h11-16,29H,7-10,17H2,1-6H3/b26-14+/t29-/m0/s1. The van der Waals surface area contributed by atoms with E-state index in [0.717, 1.165) is 0 Å². The fourth-order valence-corrected chi connectivity index (χ4v) is 6.35. The van der Waals surface area contributed by atoms with E-state index >= 15 is 0 Å². The lowest BCUT2D eigenvalue weighted by atomic mass is 9.95. The number of allylic oxidation sites excluding steroid dienone is 1. The molecule has 11 nitrogen and oxygen atoms in total. The minimum absolute atomic E-state index is 0.155. The Balaban J connectivity index is 1.86. The Morgan fingerprint density at radius 1 is 0.933 bits per heavy atom. The molecule has 4 rings (SSSR count). The lowest BCUT2D eigenvalue weighted by Crippen LogP contribution is -2.40. The van der Waals surface area contributed by atoms with Gasteiger partial charge in [0.2, 0.25) is 0 Å². The number of carbonyl (C=O) groups is 2. The first-order valence-electron chi connectivity index (χ1n) is 14.4. The number of esters is 2. The van der Waals surface area contributed by atoms with E-state index in [1.807, 2.05) is 13.8 Å². The lowest BCUT2D eigenvalue weighted by molar-refractivity contribution is -0.145. The zero-order chi connectivity index (χ0) is 32.7. The van der Waals surface area contributed by atoms with Crippen molar-refractivity contribution in [1.29, 1.82) is 0 Å². The highest BCUT2D eigenvalue weighted by Gasteiger charge is 2.35. The number of benzene rings is 2. The lowest BCUT2D eigenvalue weighted by Gasteiger charge is -2.26. The van der Waals surface area contributed by atoms with E-state index in [9.17, 15) is 14.4 Å². The molecule has 240 valence electrons. The number of fused-ring (bicyclic) bond motifs is 1. The number of aromatic nitrogens is 1. The van der Waals surface area contributed by atoms with Gasteiger partial charge in [0.05, 0.1) is 55.4 Å². The number of hydrogen-bond donors (Lipinski definition) is 0. The summed E-state index contributed by atoms with van der Waals surface area (Å²) in [5.41, 5.74) is 1.59. The van der Waals surface area contributed by atoms with Crippen molar-refractivity contribution in [3.63, 3.8) is 0 Å². The van der Waals surface area contributed by atoms with Gasteiger partial charge in [-0.15, -0.1) is 0 Å². The van der Waals surface area contributed by atoms with E-state index < -0.39 is 18.0 Å². The van der Waals surface area contributed by atoms with Crippen molar-refractivity contribution in [1.82, 2.24) is 4.57 Å². The first-order chi connectivity index (χ1) is 21.7. The van der Waals surface area contributed by atoms with Crippen LogP contribution in [0.1, 0.15) is 51.8 Å². The number of rotatable bonds is 13. The van der Waals surface area contributed by atoms with Crippen LogP contribution in [0.4, 0.5) is 0 Å². The highest BCUT2D eigenvalue weighted by molar-refractivity contribution is 9.10. The second kappa shape index (κ2) is 15.3. The van der Waals surface area contributed by atoms with E-state index in [0.29, 0.717) is 66.8 Å². The molecule has 2 aromatic carbocycles. The Morgan fingerprint density at radius 2 is 1.62 bits per heavy atom. The largest absolute Gasteiger partial charge is 0.493 e. The van der Waals surface area contributed by atoms with Crippen LogP contribution in [-0.4, -0.2) is 56.6 Å². The van der Waals surface area contributed by atoms with Crippen molar-refractivity contribution < 1.29 is 38.0 Å². The Hall–Kier alpha value is -4.10. The molecule has 0 radical (unpaired) electrons. The average Bonchev–Trinajstić information content (AvgIpc) is 3.30. The van der Waals surface area contributed by atoms with Gasteiger partial charge >= 0.3 is 11.9 Å². The predicted octanol–water partition coefficient (Wildman–Crippen LogP) is 4.31. The van der Waals surface area contributed by atoms with E-state index in [1.165, 1.54) is 23.0 Å². The molecule has 0 bridgehead atoms. The number of thiazole rings is 1. The highest BCUT2D eigenvalue weighted by Crippen LogP contribution is 2.41. The molecule has 0 amide bonds. The average molecular weight is 704 g/mol. The van der Waals surface area contributed by atoms with Gasteiger partial charge in [0.15, 0.2) is 34.4 Å². The van der Waals surface area contributed by atoms with Crippen LogP contribution in [0.25, 0.3) is 6.08 Å². The molecular weight excluding hydrogens is 668 g/mol. The molecule has 1 aromatic heterocycles. The molecule has 45 heavy (non-hydrogen) atoms. The maximum absolute atomic E-state index is 14.1. The van der Waals surface area contributed by atoms with E-state index in [4.69, 9.17) is 28.4 Å². The fourth-order valence-electron chi connectivity index (χ4n) is 4.77. The molecular formula is C32H35BrN2O9S. The van der Waals surface area contributed by atoms with E-state index in [2.05, 4.69) is 20.9 Å². The summed E-state index contributed by atoms with van der Waals surface area (Å²) in [4.78, 5) is 44.3. The molecule has 0 N–H and O–H groups in total. The summed E-state index contributed by atoms with van der Waals surface area (Å²) in [6, 6.07) is 7.79. The summed E-state index contributed by atoms with van der Waals surface area (Å²) in [6.07, 6.45) is 1.72. The SMILES string of the molecule is CCOC(=O)COc1ccc(/C=c2/sc3n(c2=O)[C@@H](c2cc(OC)c(OCC)cc2Br)C(C(=O)OCC)=C(C)N=3)cc1OCC. The fraction of sp³-hybridized carbons (Fsp3) is 0.375. The van der Waals surface area contributed by atoms with Crippen molar-refractivity contribution in [3.05, 3.63) is 76.9 Å². The Bertz CT molecular complexity index is 1790. The maximum Gasteiger partial charge on any atom is 0.344 e. The van der Waals surface area contributed by atoms with Crippen LogP contribution < -0.4 is 33.8 Å². The molecule has 1 aliphatic rings. The normalized spacial score (nSPS) is 14.4. The third-order valence-electron chi connectivity index (χ3n) is 6.61. The molecule has 0 aliphatic carbocycles. The third-order valence-corrected chi connectivity index (χ3v) is 8.28. The zero-order valence-electron chi connectivity index (χ0n) is 25.9. The van der Waals surface area contributed by atoms with Crippen LogP contribution in [0.15, 0.2) is 55.9 Å². The molecule has 13 heteroatoms. The molecule has 1 aliphatic heterocycles. The summed E-state index contributed by atoms with van der Waals surface area (Å²) >= 11 is 4.83. The van der Waals surface area contributed by atoms with Crippen LogP contribution in [0, 0.1) is 0 Å². The second-order valence-corrected chi connectivity index (χ2v) is 11.4. The number of methoxy groups -OCH3 is 1. The summed E-state index contributed by atoms with van der Waals surface area (Å²) in [7, 11) is 1.53. The van der Waals surface area contributed by atoms with Crippen LogP contribution in [0.5, 0.6) is 23.0 Å². The summed E-state index contributed by atoms with van der Waals surface area (Å²) in [5.74, 6) is 0.677. The zero-order valence-corrected chi connectivity index (χ0v) is 28.3. The summed E-state index contributed by atoms with van der Waals surface area (Å²) < 4.78 is 35.5. The third kappa shape index (κ3) is 7.42. The van der Waals surface area contributed by atoms with Crippen molar-refractivity contribution in [2.45, 2.75) is 40.7 Å². The number of ether oxygens (including phenoxy) is 6. The van der Waals surface area contributed by atoms with E-state index in [1.54, 1.807) is 57.2 Å². The summed E-state index contributed by atoms with van der Waals surface area (Å²) in [6.45, 7) is 9.78. The maximum atomic E-state index is 14.1. The van der Waals surface area contributed by atoms with Crippen LogP contribution in [-0.2, 0) is 19.1 Å². The van der Waals surface area contributed by atoms with Crippen molar-refractivity contribution >= 4 is 45.3 Å². The van der Waals surface area contributed by atoms with Crippen molar-refractivity contribution in [2.75, 3.05) is 40.1 Å². The number of halogens is 1. The minimum Gasteiger partial charge on any atom is -0.493 e. The van der Waals surface area contributed by atoms with Gasteiger partial charge in [-0.2, -0.15) is 0 Å². The Kier molecular flexibility index (Phi) is 11.5. The molecule has 0 fully saturated rings. The molecule has 0 spiro atoms. The number of carbonyl (C=O) groups excluding carboxylic acids is 2. The second-order valence-electron chi connectivity index (χ2n) is 9.49. The molecule has 0 saturated heterocycles. The van der Waals surface area contributed by atoms with Gasteiger partial charge in [0.1, 0.15) is 0 Å². The van der Waals surface area contributed by atoms with Gasteiger partial charge in [0, 0.05) is 4.47 Å². The van der Waals surface area contributed by atoms with Gasteiger partial charge in [-0.05, 0) is 76.1 Å². The molecule has 2 heterocycles. The van der Waals surface area contributed by atoms with Crippen molar-refractivity contribution in [3.8, 4) is 23.0 Å². The Morgan fingerprint density at radius 3 is 2.27 bits per heavy atom. The summed E-state index contributed by atoms with van der Waals surface area (Å²) in [5, 5.41) is 0. The van der Waals surface area contributed by atoms with Crippen LogP contribution in [0.3, 0.4) is 0 Å². The first-order valence-corrected chi connectivity index (χ1v) is 16.0. The number of hydrogen-bond acceptors (Lipinski definition) is 11. The molecule has 3 aromatic rings. The topological polar surface area (TPSA) is 124 Å². The smallest absolute Gasteiger partial charge is 0.344 e. The molecule has 1 atom stereocenters. The quantitative estimate of drug-likeness (QED) is 0.240. The monoisotopic (exact) mass is 702 g/mol. The van der Waals surface area contributed by atoms with Gasteiger partial charge in [0.25, 0.3) is 5.56 Å². The molecule has 0 saturated carbocycles. The van der Waals surface area contributed by atoms with Gasteiger partial charge < -0.3 is 28.4 Å². The van der Waals surface area contributed by atoms with Gasteiger partial charge in [-0.25, -0.2) is 14.6 Å². The highest BCUT2D eigenvalue weighted by atomic mass is 79.9. The van der Waals surface area contributed by atoms with E-state index in [-0.39, 0.29) is 31.0 Å². The van der Waals surface area contributed by atoms with Gasteiger partial charge in [-0.3, -0.25) is 9.36 Å². The molecule has 0 unspecified atom stereocenters. The minimum atomic E-state index is -0.862. The number of nitrogens with zero attached hydrogens (tertiary/aromatic N) is 2. The van der Waals surface area contributed by atoms with Crippen LogP contribution in [0.2, 0.25) is 0 Å². The first kappa shape index (κ1) is 33.8.